The quantitative estimate of drug-likeness (QED) is 0.476. The lowest BCUT2D eigenvalue weighted by Crippen LogP contribution is -2.34. The first-order valence-corrected chi connectivity index (χ1v) is 15.0. The Bertz CT molecular complexity index is 1310. The van der Waals surface area contributed by atoms with Gasteiger partial charge in [0.25, 0.3) is 0 Å². The lowest BCUT2D eigenvalue weighted by Gasteiger charge is -2.25. The second kappa shape index (κ2) is 10.1. The van der Waals surface area contributed by atoms with Gasteiger partial charge in [-0.3, -0.25) is 0 Å². The topological polar surface area (TPSA) is 114 Å². The minimum atomic E-state index is -3.53. The average Bonchev–Trinajstić information content (AvgIpc) is 3.20. The smallest absolute Gasteiger partial charge is 0.308 e. The summed E-state index contributed by atoms with van der Waals surface area (Å²) in [5.74, 6) is 2.10. The Labute approximate surface area is 213 Å². The Hall–Kier alpha value is -2.50. The van der Waals surface area contributed by atoms with Crippen LogP contribution in [0.2, 0.25) is 0 Å². The van der Waals surface area contributed by atoms with Crippen LogP contribution in [-0.2, 0) is 35.8 Å². The Morgan fingerprint density at radius 3 is 2.06 bits per heavy atom. The standard InChI is InChI=1S/C13H18O5S.C12H16O4S/c1-5-16-12-13(2,3)10-8-9(18-19(4,14)15)6-7-11(10)17-12;1-4-17(13,14)16-9-5-6-11-10(7-9)12(2,3)8-15-11/h6-8,12H,5H2,1-4H3;5-7H,4,8H2,1-3H3. The Kier molecular flexibility index (Phi) is 7.88. The molecule has 1 atom stereocenters. The van der Waals surface area contributed by atoms with Crippen molar-refractivity contribution >= 4 is 20.2 Å². The molecule has 2 heterocycles. The first kappa shape index (κ1) is 28.1. The molecule has 0 aromatic heterocycles. The number of benzene rings is 2. The minimum absolute atomic E-state index is 0.0377. The van der Waals surface area contributed by atoms with E-state index in [9.17, 15) is 16.8 Å². The van der Waals surface area contributed by atoms with Crippen molar-refractivity contribution in [3.05, 3.63) is 47.5 Å². The maximum absolute atomic E-state index is 11.4. The van der Waals surface area contributed by atoms with Crippen LogP contribution in [0.15, 0.2) is 36.4 Å². The minimum Gasteiger partial charge on any atom is -0.492 e. The molecule has 0 saturated heterocycles. The first-order valence-electron chi connectivity index (χ1n) is 11.6. The van der Waals surface area contributed by atoms with Crippen LogP contribution in [0.4, 0.5) is 0 Å². The summed E-state index contributed by atoms with van der Waals surface area (Å²) in [6.45, 7) is 12.7. The van der Waals surface area contributed by atoms with E-state index >= 15 is 0 Å². The summed E-state index contributed by atoms with van der Waals surface area (Å²) in [7, 11) is -7.00. The van der Waals surface area contributed by atoms with Crippen molar-refractivity contribution in [1.82, 2.24) is 0 Å². The summed E-state index contributed by atoms with van der Waals surface area (Å²) in [6, 6.07) is 10.1. The van der Waals surface area contributed by atoms with E-state index in [0.29, 0.717) is 24.7 Å². The van der Waals surface area contributed by atoms with Crippen LogP contribution in [0.1, 0.15) is 52.7 Å². The van der Waals surface area contributed by atoms with E-state index in [1.807, 2.05) is 20.8 Å². The van der Waals surface area contributed by atoms with Crippen molar-refractivity contribution in [2.75, 3.05) is 25.2 Å². The molecule has 0 fully saturated rings. The third-order valence-electron chi connectivity index (χ3n) is 5.88. The molecule has 0 saturated carbocycles. The molecule has 2 aromatic rings. The summed E-state index contributed by atoms with van der Waals surface area (Å²) in [6.07, 6.45) is 0.645. The second-order valence-electron chi connectivity index (χ2n) is 9.83. The van der Waals surface area contributed by atoms with E-state index in [2.05, 4.69) is 13.8 Å². The van der Waals surface area contributed by atoms with Gasteiger partial charge in [-0.2, -0.15) is 16.8 Å². The summed E-state index contributed by atoms with van der Waals surface area (Å²) in [4.78, 5) is 0. The van der Waals surface area contributed by atoms with Gasteiger partial charge >= 0.3 is 20.2 Å². The van der Waals surface area contributed by atoms with Gasteiger partial charge in [-0.05, 0) is 64.1 Å². The molecule has 0 bridgehead atoms. The van der Waals surface area contributed by atoms with Crippen molar-refractivity contribution in [1.29, 1.82) is 0 Å². The molecule has 2 aliphatic rings. The zero-order chi connectivity index (χ0) is 26.9. The van der Waals surface area contributed by atoms with Crippen LogP contribution >= 0.6 is 0 Å². The van der Waals surface area contributed by atoms with Crippen LogP contribution in [0.5, 0.6) is 23.0 Å². The Balaban J connectivity index is 0.000000202. The molecule has 2 aromatic carbocycles. The van der Waals surface area contributed by atoms with Crippen LogP contribution in [0, 0.1) is 0 Å². The van der Waals surface area contributed by atoms with Gasteiger partial charge in [0, 0.05) is 23.1 Å². The Morgan fingerprint density at radius 1 is 0.889 bits per heavy atom. The van der Waals surface area contributed by atoms with E-state index in [0.717, 1.165) is 23.1 Å². The number of hydrogen-bond donors (Lipinski definition) is 0. The predicted molar refractivity (Wildman–Crippen MR) is 136 cm³/mol. The highest BCUT2D eigenvalue weighted by Crippen LogP contribution is 2.45. The van der Waals surface area contributed by atoms with Gasteiger partial charge in [0.1, 0.15) is 23.0 Å². The highest BCUT2D eigenvalue weighted by Gasteiger charge is 2.42. The molecule has 0 radical (unpaired) electrons. The summed E-state index contributed by atoms with van der Waals surface area (Å²) in [5, 5.41) is 0. The molecular weight excluding hydrogens is 508 g/mol. The fourth-order valence-corrected chi connectivity index (χ4v) is 4.85. The van der Waals surface area contributed by atoms with E-state index in [1.54, 1.807) is 43.3 Å². The van der Waals surface area contributed by atoms with Gasteiger partial charge in [-0.25, -0.2) is 0 Å². The summed E-state index contributed by atoms with van der Waals surface area (Å²) >= 11 is 0. The van der Waals surface area contributed by atoms with Gasteiger partial charge in [-0.1, -0.05) is 13.8 Å². The molecular formula is C25H34O9S2. The zero-order valence-electron chi connectivity index (χ0n) is 21.7. The largest absolute Gasteiger partial charge is 0.492 e. The lowest BCUT2D eigenvalue weighted by molar-refractivity contribution is -0.0981. The number of ether oxygens (including phenoxy) is 3. The summed E-state index contributed by atoms with van der Waals surface area (Å²) in [5.41, 5.74) is 1.40. The zero-order valence-corrected chi connectivity index (χ0v) is 23.3. The SMILES string of the molecule is CCOC1Oc2ccc(OS(C)(=O)=O)cc2C1(C)C.CCS(=O)(=O)Oc1ccc2c(c1)C(C)(C)CO2. The molecule has 11 heteroatoms. The molecule has 4 rings (SSSR count). The number of hydrogen-bond acceptors (Lipinski definition) is 9. The molecule has 2 aliphatic heterocycles. The fraction of sp³-hybridized carbons (Fsp3) is 0.520. The molecule has 0 amide bonds. The van der Waals surface area contributed by atoms with Gasteiger partial charge < -0.3 is 22.6 Å². The van der Waals surface area contributed by atoms with Crippen molar-refractivity contribution in [2.45, 2.75) is 58.7 Å². The van der Waals surface area contributed by atoms with Crippen LogP contribution in [0.3, 0.4) is 0 Å². The Morgan fingerprint density at radius 2 is 1.47 bits per heavy atom. The van der Waals surface area contributed by atoms with Crippen LogP contribution in [-0.4, -0.2) is 48.3 Å². The normalized spacial score (nSPS) is 19.1. The fourth-order valence-electron chi connectivity index (χ4n) is 3.88. The average molecular weight is 543 g/mol. The summed E-state index contributed by atoms with van der Waals surface area (Å²) < 4.78 is 71.7. The molecule has 200 valence electrons. The van der Waals surface area contributed by atoms with Gasteiger partial charge in [0.05, 0.1) is 24.0 Å². The monoisotopic (exact) mass is 542 g/mol. The van der Waals surface area contributed by atoms with Gasteiger partial charge in [-0.15, -0.1) is 0 Å². The lowest BCUT2D eigenvalue weighted by atomic mass is 9.85. The highest BCUT2D eigenvalue weighted by atomic mass is 32.2. The van der Waals surface area contributed by atoms with Crippen LogP contribution < -0.4 is 17.8 Å². The third-order valence-corrected chi connectivity index (χ3v) is 7.53. The van der Waals surface area contributed by atoms with Crippen LogP contribution in [0.25, 0.3) is 0 Å². The predicted octanol–water partition coefficient (Wildman–Crippen LogP) is 4.14. The first-order chi connectivity index (χ1) is 16.6. The third kappa shape index (κ3) is 6.43. The van der Waals surface area contributed by atoms with Crippen molar-refractivity contribution in [3.63, 3.8) is 0 Å². The molecule has 9 nitrogen and oxygen atoms in total. The number of fused-ring (bicyclic) bond motifs is 2. The van der Waals surface area contributed by atoms with Gasteiger partial charge in [0.2, 0.25) is 6.29 Å². The maximum atomic E-state index is 11.4. The van der Waals surface area contributed by atoms with E-state index in [1.165, 1.54) is 0 Å². The van der Waals surface area contributed by atoms with Crippen molar-refractivity contribution in [2.24, 2.45) is 0 Å². The van der Waals surface area contributed by atoms with Crippen molar-refractivity contribution in [3.8, 4) is 23.0 Å². The van der Waals surface area contributed by atoms with E-state index < -0.39 is 20.2 Å². The second-order valence-corrected chi connectivity index (χ2v) is 13.3. The molecule has 0 spiro atoms. The maximum Gasteiger partial charge on any atom is 0.308 e. The highest BCUT2D eigenvalue weighted by molar-refractivity contribution is 7.87. The molecule has 0 N–H and O–H groups in total. The van der Waals surface area contributed by atoms with E-state index in [4.69, 9.17) is 22.6 Å². The molecule has 1 unspecified atom stereocenters. The van der Waals surface area contributed by atoms with Crippen molar-refractivity contribution < 1.29 is 39.4 Å². The molecule has 36 heavy (non-hydrogen) atoms. The van der Waals surface area contributed by atoms with E-state index in [-0.39, 0.29) is 28.6 Å². The van der Waals surface area contributed by atoms with Gasteiger partial charge in [0.15, 0.2) is 0 Å². The number of rotatable bonds is 7. The molecule has 0 aliphatic carbocycles.